The van der Waals surface area contributed by atoms with Crippen molar-refractivity contribution in [3.63, 3.8) is 0 Å². The van der Waals surface area contributed by atoms with Gasteiger partial charge in [-0.1, -0.05) is 35.1 Å². The van der Waals surface area contributed by atoms with Crippen LogP contribution in [0.5, 0.6) is 0 Å². The van der Waals surface area contributed by atoms with E-state index in [0.29, 0.717) is 0 Å². The maximum Gasteiger partial charge on any atom is 0.275 e. The number of thiazole rings is 1. The van der Waals surface area contributed by atoms with Crippen LogP contribution in [0.1, 0.15) is 6.42 Å². The van der Waals surface area contributed by atoms with Crippen LogP contribution in [-0.2, 0) is 10.0 Å². The molecule has 0 aliphatic heterocycles. The van der Waals surface area contributed by atoms with Gasteiger partial charge in [0.05, 0.1) is 24.4 Å². The smallest absolute Gasteiger partial charge is 0.262 e. The number of halogens is 2. The van der Waals surface area contributed by atoms with Crippen LogP contribution in [-0.4, -0.2) is 19.9 Å². The van der Waals surface area contributed by atoms with Gasteiger partial charge in [0, 0.05) is 6.54 Å². The molecule has 9 heteroatoms. The van der Waals surface area contributed by atoms with Gasteiger partial charge in [-0.3, -0.25) is 4.31 Å². The first-order valence-electron chi connectivity index (χ1n) is 5.72. The molecule has 0 aliphatic carbocycles. The number of nitrogens with zero attached hydrogens (tertiary/aromatic N) is 3. The predicted molar refractivity (Wildman–Crippen MR) is 78.3 cm³/mol. The molecule has 2 rings (SSSR count). The van der Waals surface area contributed by atoms with Crippen molar-refractivity contribution < 1.29 is 12.8 Å². The minimum absolute atomic E-state index is 0.0693. The molecule has 0 fully saturated rings. The summed E-state index contributed by atoms with van der Waals surface area (Å²) in [5.41, 5.74) is -0.114. The Morgan fingerprint density at radius 2 is 2.14 bits per heavy atom. The number of benzene rings is 1. The molecule has 1 aromatic heterocycles. The molecular weight excluding hydrogens is 337 g/mol. The van der Waals surface area contributed by atoms with Gasteiger partial charge < -0.3 is 0 Å². The molecular formula is C12H9ClFN3O2S2. The Labute approximate surface area is 130 Å². The highest BCUT2D eigenvalue weighted by atomic mass is 35.5. The third kappa shape index (κ3) is 3.32. The lowest BCUT2D eigenvalue weighted by Crippen LogP contribution is -2.32. The van der Waals surface area contributed by atoms with Crippen molar-refractivity contribution in [2.24, 2.45) is 0 Å². The summed E-state index contributed by atoms with van der Waals surface area (Å²) in [6, 6.07) is 7.32. The van der Waals surface area contributed by atoms with E-state index < -0.39 is 15.8 Å². The first-order valence-corrected chi connectivity index (χ1v) is 8.36. The largest absolute Gasteiger partial charge is 0.275 e. The minimum atomic E-state index is -4.01. The van der Waals surface area contributed by atoms with Crippen LogP contribution in [0.4, 0.5) is 10.1 Å². The topological polar surface area (TPSA) is 74.1 Å². The lowest BCUT2D eigenvalue weighted by atomic mass is 10.3. The summed E-state index contributed by atoms with van der Waals surface area (Å²) < 4.78 is 39.8. The average molecular weight is 346 g/mol. The van der Waals surface area contributed by atoms with E-state index in [1.165, 1.54) is 18.2 Å². The zero-order valence-corrected chi connectivity index (χ0v) is 12.9. The Bertz CT molecular complexity index is 786. The number of sulfonamides is 1. The molecule has 0 bridgehead atoms. The van der Waals surface area contributed by atoms with Gasteiger partial charge in [-0.25, -0.2) is 17.8 Å². The van der Waals surface area contributed by atoms with Gasteiger partial charge in [0.15, 0.2) is 8.68 Å². The fourth-order valence-corrected chi connectivity index (χ4v) is 4.52. The summed E-state index contributed by atoms with van der Waals surface area (Å²) >= 11 is 6.43. The summed E-state index contributed by atoms with van der Waals surface area (Å²) in [6.07, 6.45) is 1.04. The maximum atomic E-state index is 13.9. The van der Waals surface area contributed by atoms with Crippen LogP contribution in [0, 0.1) is 17.1 Å². The third-order valence-electron chi connectivity index (χ3n) is 2.55. The van der Waals surface area contributed by atoms with E-state index in [0.717, 1.165) is 27.9 Å². The highest BCUT2D eigenvalue weighted by Crippen LogP contribution is 2.30. The molecule has 1 heterocycles. The SMILES string of the molecule is N#CCCN(c1ccccc1F)S(=O)(=O)c1cnc(Cl)s1. The first kappa shape index (κ1) is 15.7. The molecule has 5 nitrogen and oxygen atoms in total. The van der Waals surface area contributed by atoms with E-state index in [-0.39, 0.29) is 27.3 Å². The van der Waals surface area contributed by atoms with Gasteiger partial charge in [-0.2, -0.15) is 5.26 Å². The zero-order valence-electron chi connectivity index (χ0n) is 10.5. The maximum absolute atomic E-state index is 13.9. The third-order valence-corrected chi connectivity index (χ3v) is 5.91. The molecule has 2 aromatic rings. The molecule has 0 amide bonds. The van der Waals surface area contributed by atoms with Gasteiger partial charge in [-0.05, 0) is 12.1 Å². The van der Waals surface area contributed by atoms with Crippen LogP contribution in [0.15, 0.2) is 34.7 Å². The van der Waals surface area contributed by atoms with Crippen LogP contribution in [0.25, 0.3) is 0 Å². The van der Waals surface area contributed by atoms with E-state index in [4.69, 9.17) is 16.9 Å². The molecule has 0 unspecified atom stereocenters. The summed E-state index contributed by atoms with van der Waals surface area (Å²) in [5, 5.41) is 8.68. The Kier molecular flexibility index (Phi) is 4.77. The quantitative estimate of drug-likeness (QED) is 0.834. The summed E-state index contributed by atoms with van der Waals surface area (Å²) in [4.78, 5) is 3.68. The van der Waals surface area contributed by atoms with Gasteiger partial charge >= 0.3 is 0 Å². The number of hydrogen-bond donors (Lipinski definition) is 0. The predicted octanol–water partition coefficient (Wildman–Crippen LogP) is 3.04. The number of hydrogen-bond acceptors (Lipinski definition) is 5. The monoisotopic (exact) mass is 345 g/mol. The number of rotatable bonds is 5. The minimum Gasteiger partial charge on any atom is -0.262 e. The van der Waals surface area contributed by atoms with Crippen molar-refractivity contribution in [1.82, 2.24) is 4.98 Å². The Morgan fingerprint density at radius 3 is 2.71 bits per heavy atom. The standard InChI is InChI=1S/C12H9ClFN3O2S2/c13-12-16-8-11(20-12)21(18,19)17(7-3-6-15)10-5-2-1-4-9(10)14/h1-2,4-5,8H,3,7H2. The Morgan fingerprint density at radius 1 is 1.43 bits per heavy atom. The molecule has 0 spiro atoms. The highest BCUT2D eigenvalue weighted by molar-refractivity contribution is 7.94. The van der Waals surface area contributed by atoms with Crippen molar-refractivity contribution in [1.29, 1.82) is 5.26 Å². The second-order valence-electron chi connectivity index (χ2n) is 3.87. The Hall–Kier alpha value is -1.69. The average Bonchev–Trinajstić information content (AvgIpc) is 2.88. The van der Waals surface area contributed by atoms with Crippen molar-refractivity contribution in [3.8, 4) is 6.07 Å². The number of aromatic nitrogens is 1. The summed E-state index contributed by atoms with van der Waals surface area (Å²) in [7, 11) is -4.01. The molecule has 1 aromatic carbocycles. The van der Waals surface area contributed by atoms with Crippen molar-refractivity contribution in [2.75, 3.05) is 10.8 Å². The molecule has 0 radical (unpaired) electrons. The molecule has 110 valence electrons. The van der Waals surface area contributed by atoms with Crippen molar-refractivity contribution in [3.05, 3.63) is 40.7 Å². The lowest BCUT2D eigenvalue weighted by Gasteiger charge is -2.22. The van der Waals surface area contributed by atoms with Crippen molar-refractivity contribution in [2.45, 2.75) is 10.6 Å². The molecule has 0 N–H and O–H groups in total. The fourth-order valence-electron chi connectivity index (χ4n) is 1.64. The van der Waals surface area contributed by atoms with Crippen LogP contribution >= 0.6 is 22.9 Å². The lowest BCUT2D eigenvalue weighted by molar-refractivity contribution is 0.587. The van der Waals surface area contributed by atoms with E-state index >= 15 is 0 Å². The molecule has 0 aliphatic rings. The van der Waals surface area contributed by atoms with E-state index in [2.05, 4.69) is 4.98 Å². The van der Waals surface area contributed by atoms with Gasteiger partial charge in [0.25, 0.3) is 10.0 Å². The van der Waals surface area contributed by atoms with Crippen LogP contribution < -0.4 is 4.31 Å². The molecule has 0 saturated carbocycles. The highest BCUT2D eigenvalue weighted by Gasteiger charge is 2.28. The van der Waals surface area contributed by atoms with E-state index in [1.807, 2.05) is 6.07 Å². The second kappa shape index (κ2) is 6.39. The van der Waals surface area contributed by atoms with E-state index in [9.17, 15) is 12.8 Å². The number of para-hydroxylation sites is 1. The summed E-state index contributed by atoms with van der Waals surface area (Å²) in [5.74, 6) is -0.686. The van der Waals surface area contributed by atoms with Crippen molar-refractivity contribution >= 4 is 38.6 Å². The zero-order chi connectivity index (χ0) is 15.5. The fraction of sp³-hybridized carbons (Fsp3) is 0.167. The van der Waals surface area contributed by atoms with Gasteiger partial charge in [0.2, 0.25) is 0 Å². The molecule has 0 saturated heterocycles. The second-order valence-corrected chi connectivity index (χ2v) is 7.57. The summed E-state index contributed by atoms with van der Waals surface area (Å²) in [6.45, 7) is -0.157. The van der Waals surface area contributed by atoms with E-state index in [1.54, 1.807) is 0 Å². The Balaban J connectivity index is 2.51. The van der Waals surface area contributed by atoms with Gasteiger partial charge in [0.1, 0.15) is 5.82 Å². The van der Waals surface area contributed by atoms with Gasteiger partial charge in [-0.15, -0.1) is 0 Å². The number of anilines is 1. The van der Waals surface area contributed by atoms with Crippen LogP contribution in [0.3, 0.4) is 0 Å². The first-order chi connectivity index (χ1) is 9.96. The normalized spacial score (nSPS) is 11.1. The molecule has 0 atom stereocenters. The van der Waals surface area contributed by atoms with Crippen LogP contribution in [0.2, 0.25) is 4.47 Å². The number of nitriles is 1. The molecule has 21 heavy (non-hydrogen) atoms.